The summed E-state index contributed by atoms with van der Waals surface area (Å²) in [5.74, 6) is -1.03. The Morgan fingerprint density at radius 3 is 2.67 bits per heavy atom. The summed E-state index contributed by atoms with van der Waals surface area (Å²) < 4.78 is 10.1. The van der Waals surface area contributed by atoms with Crippen LogP contribution in [-0.4, -0.2) is 80.0 Å². The molecule has 18 heavy (non-hydrogen) atoms. The van der Waals surface area contributed by atoms with E-state index in [4.69, 9.17) is 14.6 Å². The molecule has 1 unspecified atom stereocenters. The second-order valence-electron chi connectivity index (χ2n) is 4.18. The Morgan fingerprint density at radius 1 is 1.44 bits per heavy atom. The number of carboxylic acids is 1. The van der Waals surface area contributed by atoms with E-state index >= 15 is 0 Å². The standard InChI is InChI=1S/C11H20N2O5/c1-17-6-5-13(8-10(14)15)11(16)12-4-3-9(7-12)18-2/h9H,3-8H2,1-2H3,(H,14,15). The van der Waals surface area contributed by atoms with Gasteiger partial charge in [-0.05, 0) is 6.42 Å². The lowest BCUT2D eigenvalue weighted by Crippen LogP contribution is -2.46. The zero-order chi connectivity index (χ0) is 13.5. The summed E-state index contributed by atoms with van der Waals surface area (Å²) >= 11 is 0. The van der Waals surface area contributed by atoms with E-state index in [0.29, 0.717) is 19.7 Å². The van der Waals surface area contributed by atoms with Crippen LogP contribution in [0.2, 0.25) is 0 Å². The van der Waals surface area contributed by atoms with Gasteiger partial charge in [0.05, 0.1) is 12.7 Å². The first-order valence-corrected chi connectivity index (χ1v) is 5.85. The van der Waals surface area contributed by atoms with E-state index in [9.17, 15) is 9.59 Å². The lowest BCUT2D eigenvalue weighted by atomic mass is 10.3. The summed E-state index contributed by atoms with van der Waals surface area (Å²) in [7, 11) is 3.12. The lowest BCUT2D eigenvalue weighted by molar-refractivity contribution is -0.137. The van der Waals surface area contributed by atoms with Gasteiger partial charge in [0, 0.05) is 33.9 Å². The van der Waals surface area contributed by atoms with Crippen LogP contribution in [0.4, 0.5) is 4.79 Å². The van der Waals surface area contributed by atoms with Crippen molar-refractivity contribution in [3.63, 3.8) is 0 Å². The third-order valence-corrected chi connectivity index (χ3v) is 2.91. The van der Waals surface area contributed by atoms with Crippen LogP contribution >= 0.6 is 0 Å². The van der Waals surface area contributed by atoms with Crippen molar-refractivity contribution in [2.24, 2.45) is 0 Å². The number of hydrogen-bond acceptors (Lipinski definition) is 4. The number of rotatable bonds is 6. The molecule has 1 rings (SSSR count). The highest BCUT2D eigenvalue weighted by atomic mass is 16.5. The molecule has 1 aliphatic rings. The van der Waals surface area contributed by atoms with Crippen LogP contribution in [0.25, 0.3) is 0 Å². The molecular weight excluding hydrogens is 240 g/mol. The number of likely N-dealkylation sites (tertiary alicyclic amines) is 1. The Labute approximate surface area is 106 Å². The molecule has 0 radical (unpaired) electrons. The predicted molar refractivity (Wildman–Crippen MR) is 63.5 cm³/mol. The first-order valence-electron chi connectivity index (χ1n) is 5.85. The zero-order valence-corrected chi connectivity index (χ0v) is 10.8. The molecule has 2 amide bonds. The Bertz CT molecular complexity index is 297. The van der Waals surface area contributed by atoms with Crippen LogP contribution in [-0.2, 0) is 14.3 Å². The maximum Gasteiger partial charge on any atom is 0.323 e. The van der Waals surface area contributed by atoms with Gasteiger partial charge >= 0.3 is 12.0 Å². The van der Waals surface area contributed by atoms with E-state index in [0.717, 1.165) is 6.42 Å². The summed E-state index contributed by atoms with van der Waals surface area (Å²) in [6.45, 7) is 1.39. The average Bonchev–Trinajstić information content (AvgIpc) is 2.81. The summed E-state index contributed by atoms with van der Waals surface area (Å²) in [4.78, 5) is 25.8. The van der Waals surface area contributed by atoms with Crippen LogP contribution in [0.1, 0.15) is 6.42 Å². The van der Waals surface area contributed by atoms with Gasteiger partial charge in [0.1, 0.15) is 6.54 Å². The third-order valence-electron chi connectivity index (χ3n) is 2.91. The maximum atomic E-state index is 12.1. The molecule has 0 bridgehead atoms. The number of carbonyl (C=O) groups is 2. The molecular formula is C11H20N2O5. The Balaban J connectivity index is 2.55. The second kappa shape index (κ2) is 7.17. The second-order valence-corrected chi connectivity index (χ2v) is 4.18. The number of carbonyl (C=O) groups excluding carboxylic acids is 1. The van der Waals surface area contributed by atoms with Crippen LogP contribution in [0, 0.1) is 0 Å². The zero-order valence-electron chi connectivity index (χ0n) is 10.8. The van der Waals surface area contributed by atoms with E-state index in [2.05, 4.69) is 0 Å². The van der Waals surface area contributed by atoms with Crippen molar-refractivity contribution >= 4 is 12.0 Å². The molecule has 104 valence electrons. The Hall–Kier alpha value is -1.34. The summed E-state index contributed by atoms with van der Waals surface area (Å²) in [5, 5.41) is 8.80. The molecule has 0 aromatic carbocycles. The van der Waals surface area contributed by atoms with Gasteiger partial charge < -0.3 is 24.4 Å². The molecule has 0 saturated carbocycles. The number of nitrogens with zero attached hydrogens (tertiary/aromatic N) is 2. The largest absolute Gasteiger partial charge is 0.480 e. The van der Waals surface area contributed by atoms with Gasteiger partial charge in [-0.25, -0.2) is 4.79 Å². The van der Waals surface area contributed by atoms with Gasteiger partial charge in [-0.1, -0.05) is 0 Å². The van der Waals surface area contributed by atoms with Crippen molar-refractivity contribution in [3.8, 4) is 0 Å². The van der Waals surface area contributed by atoms with E-state index in [1.807, 2.05) is 0 Å². The number of urea groups is 1. The highest BCUT2D eigenvalue weighted by Gasteiger charge is 2.29. The van der Waals surface area contributed by atoms with Crippen molar-refractivity contribution in [2.75, 3.05) is 47.0 Å². The first-order chi connectivity index (χ1) is 8.58. The van der Waals surface area contributed by atoms with Gasteiger partial charge in [-0.2, -0.15) is 0 Å². The van der Waals surface area contributed by atoms with Crippen molar-refractivity contribution in [1.29, 1.82) is 0 Å². The molecule has 1 aliphatic heterocycles. The van der Waals surface area contributed by atoms with Gasteiger partial charge in [-0.3, -0.25) is 4.79 Å². The predicted octanol–water partition coefficient (Wildman–Crippen LogP) is -0.140. The maximum absolute atomic E-state index is 12.1. The van der Waals surface area contributed by atoms with Crippen LogP contribution in [0.5, 0.6) is 0 Å². The minimum atomic E-state index is -1.03. The van der Waals surface area contributed by atoms with E-state index < -0.39 is 5.97 Å². The Kier molecular flexibility index (Phi) is 5.87. The lowest BCUT2D eigenvalue weighted by Gasteiger charge is -2.26. The van der Waals surface area contributed by atoms with Crippen molar-refractivity contribution in [2.45, 2.75) is 12.5 Å². The van der Waals surface area contributed by atoms with Gasteiger partial charge in [0.15, 0.2) is 0 Å². The fraction of sp³-hybridized carbons (Fsp3) is 0.818. The molecule has 0 aromatic heterocycles. The molecule has 7 nitrogen and oxygen atoms in total. The molecule has 1 atom stereocenters. The molecule has 1 N–H and O–H groups in total. The molecule has 1 saturated heterocycles. The van der Waals surface area contributed by atoms with Crippen molar-refractivity contribution in [3.05, 3.63) is 0 Å². The summed E-state index contributed by atoms with van der Waals surface area (Å²) in [6, 6.07) is -0.269. The van der Waals surface area contributed by atoms with Gasteiger partial charge in [0.25, 0.3) is 0 Å². The number of ether oxygens (including phenoxy) is 2. The van der Waals surface area contributed by atoms with Crippen molar-refractivity contribution in [1.82, 2.24) is 9.80 Å². The number of hydrogen-bond donors (Lipinski definition) is 1. The quantitative estimate of drug-likeness (QED) is 0.719. The SMILES string of the molecule is COCCN(CC(=O)O)C(=O)N1CCC(OC)C1. The topological polar surface area (TPSA) is 79.3 Å². The number of methoxy groups -OCH3 is 2. The highest BCUT2D eigenvalue weighted by molar-refractivity contribution is 5.80. The third kappa shape index (κ3) is 4.15. The van der Waals surface area contributed by atoms with Gasteiger partial charge in [-0.15, -0.1) is 0 Å². The molecule has 7 heteroatoms. The van der Waals surface area contributed by atoms with Crippen LogP contribution < -0.4 is 0 Å². The molecule has 1 heterocycles. The van der Waals surface area contributed by atoms with E-state index in [1.165, 1.54) is 12.0 Å². The molecule has 0 aliphatic carbocycles. The fourth-order valence-corrected chi connectivity index (χ4v) is 1.90. The Morgan fingerprint density at radius 2 is 2.17 bits per heavy atom. The number of amides is 2. The van der Waals surface area contributed by atoms with Gasteiger partial charge in [0.2, 0.25) is 0 Å². The molecule has 0 aromatic rings. The smallest absolute Gasteiger partial charge is 0.323 e. The van der Waals surface area contributed by atoms with E-state index in [1.54, 1.807) is 12.0 Å². The summed E-state index contributed by atoms with van der Waals surface area (Å²) in [6.07, 6.45) is 0.830. The summed E-state index contributed by atoms with van der Waals surface area (Å²) in [5.41, 5.74) is 0. The van der Waals surface area contributed by atoms with Crippen LogP contribution in [0.15, 0.2) is 0 Å². The molecule has 0 spiro atoms. The monoisotopic (exact) mass is 260 g/mol. The minimum absolute atomic E-state index is 0.0445. The van der Waals surface area contributed by atoms with E-state index in [-0.39, 0.29) is 25.2 Å². The van der Waals surface area contributed by atoms with Crippen LogP contribution in [0.3, 0.4) is 0 Å². The molecule has 1 fully saturated rings. The minimum Gasteiger partial charge on any atom is -0.480 e. The first kappa shape index (κ1) is 14.7. The normalized spacial score (nSPS) is 19.0. The fourth-order valence-electron chi connectivity index (χ4n) is 1.90. The highest BCUT2D eigenvalue weighted by Crippen LogP contribution is 2.13. The average molecular weight is 260 g/mol. The number of aliphatic carboxylic acids is 1. The number of carboxylic acid groups (broad SMARTS) is 1. The van der Waals surface area contributed by atoms with Crippen molar-refractivity contribution < 1.29 is 24.2 Å².